The number of hydrogen-bond acceptors (Lipinski definition) is 4. The largest absolute Gasteiger partial charge is 0.345 e. The van der Waals surface area contributed by atoms with Crippen molar-refractivity contribution < 1.29 is 4.79 Å². The van der Waals surface area contributed by atoms with Crippen LogP contribution in [-0.2, 0) is 6.54 Å². The Morgan fingerprint density at radius 2 is 2.36 bits per heavy atom. The monoisotopic (exact) mass is 311 g/mol. The number of rotatable bonds is 3. The Balaban J connectivity index is 1.55. The number of fused-ring (bicyclic) bond motifs is 2. The van der Waals surface area contributed by atoms with Gasteiger partial charge >= 0.3 is 0 Å². The third kappa shape index (κ3) is 2.15. The van der Waals surface area contributed by atoms with Gasteiger partial charge in [0.2, 0.25) is 0 Å². The van der Waals surface area contributed by atoms with Gasteiger partial charge in [-0.05, 0) is 19.1 Å². The number of aromatic amines is 1. The summed E-state index contributed by atoms with van der Waals surface area (Å²) in [5.41, 5.74) is 3.20. The second kappa shape index (κ2) is 4.96. The van der Waals surface area contributed by atoms with Gasteiger partial charge in [-0.25, -0.2) is 4.98 Å². The first-order chi connectivity index (χ1) is 10.7. The van der Waals surface area contributed by atoms with Crippen LogP contribution in [0.5, 0.6) is 0 Å². The van der Waals surface area contributed by atoms with E-state index in [1.807, 2.05) is 47.3 Å². The molecular weight excluding hydrogens is 298 g/mol. The molecule has 0 spiro atoms. The van der Waals surface area contributed by atoms with Crippen molar-refractivity contribution in [3.63, 3.8) is 0 Å². The average Bonchev–Trinajstić information content (AvgIpc) is 3.18. The molecule has 0 atom stereocenters. The molecule has 1 aromatic carbocycles. The predicted molar refractivity (Wildman–Crippen MR) is 85.1 cm³/mol. The molecular formula is C15H13N5OS. The third-order valence-corrected chi connectivity index (χ3v) is 4.28. The van der Waals surface area contributed by atoms with Gasteiger partial charge in [-0.15, -0.1) is 11.3 Å². The van der Waals surface area contributed by atoms with E-state index < -0.39 is 0 Å². The van der Waals surface area contributed by atoms with E-state index >= 15 is 0 Å². The summed E-state index contributed by atoms with van der Waals surface area (Å²) in [6.45, 7) is 2.37. The Bertz CT molecular complexity index is 952. The number of aromatic nitrogens is 4. The van der Waals surface area contributed by atoms with Gasteiger partial charge in [0.15, 0.2) is 10.7 Å². The number of carbonyl (C=O) groups excluding carboxylic acids is 1. The molecule has 4 rings (SSSR count). The lowest BCUT2D eigenvalue weighted by Crippen LogP contribution is -2.23. The average molecular weight is 311 g/mol. The zero-order valence-electron chi connectivity index (χ0n) is 11.8. The molecule has 4 aromatic rings. The molecule has 0 radical (unpaired) electrons. The summed E-state index contributed by atoms with van der Waals surface area (Å²) in [6.07, 6.45) is 3.86. The summed E-state index contributed by atoms with van der Waals surface area (Å²) >= 11 is 1.57. The van der Waals surface area contributed by atoms with Crippen molar-refractivity contribution in [3.8, 4) is 0 Å². The number of H-pyrrole nitrogens is 1. The van der Waals surface area contributed by atoms with Crippen molar-refractivity contribution in [1.29, 1.82) is 0 Å². The fraction of sp³-hybridized carbons (Fsp3) is 0.133. The quantitative estimate of drug-likeness (QED) is 0.610. The van der Waals surface area contributed by atoms with Crippen LogP contribution in [0.15, 0.2) is 36.0 Å². The van der Waals surface area contributed by atoms with Gasteiger partial charge in [-0.2, -0.15) is 5.10 Å². The van der Waals surface area contributed by atoms with Gasteiger partial charge in [-0.1, -0.05) is 11.6 Å². The second-order valence-corrected chi connectivity index (χ2v) is 6.00. The summed E-state index contributed by atoms with van der Waals surface area (Å²) in [7, 11) is 0. The lowest BCUT2D eigenvalue weighted by molar-refractivity contribution is 0.0947. The maximum atomic E-state index is 12.3. The lowest BCUT2D eigenvalue weighted by Gasteiger charge is -2.01. The van der Waals surface area contributed by atoms with E-state index in [9.17, 15) is 4.79 Å². The van der Waals surface area contributed by atoms with Crippen molar-refractivity contribution in [2.75, 3.05) is 0 Å². The van der Waals surface area contributed by atoms with Crippen molar-refractivity contribution in [1.82, 2.24) is 24.9 Å². The molecule has 0 aliphatic carbocycles. The fourth-order valence-electron chi connectivity index (χ4n) is 2.42. The van der Waals surface area contributed by atoms with E-state index in [1.54, 1.807) is 11.3 Å². The van der Waals surface area contributed by atoms with Crippen molar-refractivity contribution in [3.05, 3.63) is 52.9 Å². The summed E-state index contributed by atoms with van der Waals surface area (Å²) in [5.74, 6) is -0.201. The molecule has 0 unspecified atom stereocenters. The van der Waals surface area contributed by atoms with Crippen LogP contribution >= 0.6 is 11.3 Å². The maximum absolute atomic E-state index is 12.3. The number of amides is 1. The molecule has 3 aromatic heterocycles. The molecule has 0 aliphatic rings. The molecule has 110 valence electrons. The number of thiazole rings is 1. The van der Waals surface area contributed by atoms with E-state index in [2.05, 4.69) is 20.5 Å². The van der Waals surface area contributed by atoms with Crippen LogP contribution in [0.2, 0.25) is 0 Å². The highest BCUT2D eigenvalue weighted by Crippen LogP contribution is 2.17. The molecule has 0 fully saturated rings. The first-order valence-corrected chi connectivity index (χ1v) is 7.73. The molecule has 0 saturated heterocycles. The number of nitrogens with zero attached hydrogens (tertiary/aromatic N) is 3. The molecule has 0 bridgehead atoms. The van der Waals surface area contributed by atoms with Crippen LogP contribution in [0.25, 0.3) is 15.9 Å². The summed E-state index contributed by atoms with van der Waals surface area (Å²) < 4.78 is 1.94. The summed E-state index contributed by atoms with van der Waals surface area (Å²) in [4.78, 5) is 17.7. The van der Waals surface area contributed by atoms with Gasteiger partial charge in [0, 0.05) is 23.2 Å². The maximum Gasteiger partial charge on any atom is 0.272 e. The van der Waals surface area contributed by atoms with Gasteiger partial charge in [-0.3, -0.25) is 14.3 Å². The fourth-order valence-corrected chi connectivity index (χ4v) is 3.14. The first kappa shape index (κ1) is 13.0. The Morgan fingerprint density at radius 1 is 1.45 bits per heavy atom. The van der Waals surface area contributed by atoms with Crippen molar-refractivity contribution >= 4 is 33.1 Å². The highest BCUT2D eigenvalue weighted by atomic mass is 32.1. The smallest absolute Gasteiger partial charge is 0.272 e. The number of aryl methyl sites for hydroxylation is 1. The van der Waals surface area contributed by atoms with Crippen LogP contribution in [-0.4, -0.2) is 25.5 Å². The predicted octanol–water partition coefficient (Wildman–Crippen LogP) is 2.51. The summed E-state index contributed by atoms with van der Waals surface area (Å²) in [5, 5.41) is 12.7. The molecule has 7 heteroatoms. The van der Waals surface area contributed by atoms with Crippen LogP contribution in [0, 0.1) is 6.92 Å². The topological polar surface area (TPSA) is 75.1 Å². The SMILES string of the molecule is Cc1ccc2[nH]nc(C(=O)NCc3cn4ccsc4n3)c2c1. The highest BCUT2D eigenvalue weighted by Gasteiger charge is 2.14. The number of nitrogens with one attached hydrogen (secondary N) is 2. The van der Waals surface area contributed by atoms with Crippen molar-refractivity contribution in [2.45, 2.75) is 13.5 Å². The van der Waals surface area contributed by atoms with Crippen LogP contribution in [0.1, 0.15) is 21.7 Å². The standard InChI is InChI=1S/C15H13N5OS/c1-9-2-3-12-11(6-9)13(19-18-12)14(21)16-7-10-8-20-4-5-22-15(20)17-10/h2-6,8H,7H2,1H3,(H,16,21)(H,18,19). The minimum absolute atomic E-state index is 0.201. The van der Waals surface area contributed by atoms with Crippen molar-refractivity contribution in [2.24, 2.45) is 0 Å². The molecule has 22 heavy (non-hydrogen) atoms. The lowest BCUT2D eigenvalue weighted by atomic mass is 10.1. The van der Waals surface area contributed by atoms with Gasteiger partial charge in [0.05, 0.1) is 17.8 Å². The number of carbonyl (C=O) groups is 1. The zero-order valence-corrected chi connectivity index (χ0v) is 12.6. The molecule has 3 heterocycles. The molecule has 6 nitrogen and oxygen atoms in total. The second-order valence-electron chi connectivity index (χ2n) is 5.13. The van der Waals surface area contributed by atoms with Gasteiger partial charge in [0.1, 0.15) is 0 Å². The van der Waals surface area contributed by atoms with Gasteiger partial charge < -0.3 is 5.32 Å². The molecule has 1 amide bonds. The van der Waals surface area contributed by atoms with Crippen LogP contribution in [0.4, 0.5) is 0 Å². The van der Waals surface area contributed by atoms with E-state index in [0.717, 1.165) is 27.1 Å². The Labute approximate surface area is 129 Å². The van der Waals surface area contributed by atoms with E-state index in [4.69, 9.17) is 0 Å². The van der Waals surface area contributed by atoms with E-state index in [1.165, 1.54) is 0 Å². The number of hydrogen-bond donors (Lipinski definition) is 2. The minimum Gasteiger partial charge on any atom is -0.345 e. The molecule has 0 aliphatic heterocycles. The third-order valence-electron chi connectivity index (χ3n) is 3.51. The number of benzene rings is 1. The Hall–Kier alpha value is -2.67. The zero-order chi connectivity index (χ0) is 15.1. The number of imidazole rings is 1. The molecule has 2 N–H and O–H groups in total. The highest BCUT2D eigenvalue weighted by molar-refractivity contribution is 7.15. The minimum atomic E-state index is -0.201. The molecule has 0 saturated carbocycles. The Kier molecular flexibility index (Phi) is 2.93. The summed E-state index contributed by atoms with van der Waals surface area (Å²) in [6, 6.07) is 5.87. The normalized spacial score (nSPS) is 11.3. The van der Waals surface area contributed by atoms with Crippen LogP contribution in [0.3, 0.4) is 0 Å². The van der Waals surface area contributed by atoms with E-state index in [0.29, 0.717) is 12.2 Å². The van der Waals surface area contributed by atoms with Gasteiger partial charge in [0.25, 0.3) is 5.91 Å². The van der Waals surface area contributed by atoms with Crippen LogP contribution < -0.4 is 5.32 Å². The Morgan fingerprint density at radius 3 is 3.23 bits per heavy atom. The van der Waals surface area contributed by atoms with E-state index in [-0.39, 0.29) is 5.91 Å². The first-order valence-electron chi connectivity index (χ1n) is 6.85.